The molecule has 1 fully saturated rings. The molecule has 1 aromatic heterocycles. The predicted molar refractivity (Wildman–Crippen MR) is 91.2 cm³/mol. The van der Waals surface area contributed by atoms with Crippen LogP contribution in [-0.4, -0.2) is 30.2 Å². The van der Waals surface area contributed by atoms with Crippen LogP contribution in [-0.2, 0) is 0 Å². The van der Waals surface area contributed by atoms with Gasteiger partial charge < -0.3 is 14.8 Å². The number of aryl methyl sites for hydroxylation is 1. The Labute approximate surface area is 137 Å². The molecule has 1 aliphatic rings. The van der Waals surface area contributed by atoms with Gasteiger partial charge in [-0.15, -0.1) is 0 Å². The normalized spacial score (nSPS) is 14.7. The molecule has 5 heteroatoms. The van der Waals surface area contributed by atoms with Gasteiger partial charge in [-0.3, -0.25) is 0 Å². The highest BCUT2D eigenvalue weighted by molar-refractivity contribution is 5.76. The van der Waals surface area contributed by atoms with Crippen molar-refractivity contribution in [2.24, 2.45) is 0 Å². The van der Waals surface area contributed by atoms with E-state index in [1.165, 1.54) is 25.7 Å². The number of hydrogen-bond acceptors (Lipinski definition) is 5. The molecule has 0 aliphatic heterocycles. The van der Waals surface area contributed by atoms with Gasteiger partial charge in [-0.2, -0.15) is 0 Å². The molecule has 23 heavy (non-hydrogen) atoms. The summed E-state index contributed by atoms with van der Waals surface area (Å²) in [6, 6.07) is 6.39. The average molecular weight is 313 g/mol. The van der Waals surface area contributed by atoms with E-state index < -0.39 is 0 Å². The second-order valence-electron chi connectivity index (χ2n) is 5.87. The topological polar surface area (TPSA) is 56.3 Å². The van der Waals surface area contributed by atoms with E-state index in [2.05, 4.69) is 15.3 Å². The quantitative estimate of drug-likeness (QED) is 0.909. The Bertz CT molecular complexity index is 682. The molecule has 0 atom stereocenters. The van der Waals surface area contributed by atoms with Crippen molar-refractivity contribution < 1.29 is 9.47 Å². The van der Waals surface area contributed by atoms with Gasteiger partial charge in [-0.1, -0.05) is 18.9 Å². The molecule has 1 aliphatic carbocycles. The predicted octanol–water partition coefficient (Wildman–Crippen LogP) is 3.82. The lowest BCUT2D eigenvalue weighted by molar-refractivity contribution is 0.355. The molecule has 122 valence electrons. The van der Waals surface area contributed by atoms with Crippen molar-refractivity contribution >= 4 is 5.82 Å². The number of anilines is 1. The third-order valence-electron chi connectivity index (χ3n) is 4.30. The van der Waals surface area contributed by atoms with E-state index in [0.717, 1.165) is 28.5 Å². The smallest absolute Gasteiger partial charge is 0.161 e. The summed E-state index contributed by atoms with van der Waals surface area (Å²) in [4.78, 5) is 8.98. The number of nitrogens with one attached hydrogen (secondary N) is 1. The van der Waals surface area contributed by atoms with Crippen molar-refractivity contribution in [2.75, 3.05) is 19.5 Å². The highest BCUT2D eigenvalue weighted by atomic mass is 16.5. The van der Waals surface area contributed by atoms with Crippen molar-refractivity contribution in [1.82, 2.24) is 9.97 Å². The van der Waals surface area contributed by atoms with Crippen LogP contribution in [0.3, 0.4) is 0 Å². The second kappa shape index (κ2) is 6.86. The van der Waals surface area contributed by atoms with Crippen LogP contribution >= 0.6 is 0 Å². The average Bonchev–Trinajstić information content (AvgIpc) is 3.07. The van der Waals surface area contributed by atoms with Crippen molar-refractivity contribution in [3.8, 4) is 22.6 Å². The molecule has 0 saturated heterocycles. The van der Waals surface area contributed by atoms with Gasteiger partial charge in [0.2, 0.25) is 0 Å². The summed E-state index contributed by atoms with van der Waals surface area (Å²) >= 11 is 0. The van der Waals surface area contributed by atoms with Crippen molar-refractivity contribution in [1.29, 1.82) is 0 Å². The minimum atomic E-state index is 0.503. The van der Waals surface area contributed by atoms with E-state index in [-0.39, 0.29) is 0 Å². The first-order valence-electron chi connectivity index (χ1n) is 8.04. The fraction of sp³-hybridized carbons (Fsp3) is 0.444. The maximum absolute atomic E-state index is 5.41. The molecular formula is C18H23N3O2. The van der Waals surface area contributed by atoms with Gasteiger partial charge in [0.05, 0.1) is 14.2 Å². The first-order chi connectivity index (χ1) is 11.2. The monoisotopic (exact) mass is 313 g/mol. The maximum atomic E-state index is 5.41. The largest absolute Gasteiger partial charge is 0.493 e. The number of nitrogens with zero attached hydrogens (tertiary/aromatic N) is 2. The van der Waals surface area contributed by atoms with E-state index in [1.807, 2.05) is 31.3 Å². The summed E-state index contributed by atoms with van der Waals surface area (Å²) in [7, 11) is 3.28. The lowest BCUT2D eigenvalue weighted by atomic mass is 10.1. The van der Waals surface area contributed by atoms with Crippen LogP contribution < -0.4 is 14.8 Å². The van der Waals surface area contributed by atoms with Gasteiger partial charge in [0, 0.05) is 17.8 Å². The molecule has 1 heterocycles. The Morgan fingerprint density at radius 3 is 2.52 bits per heavy atom. The summed E-state index contributed by atoms with van der Waals surface area (Å²) < 4.78 is 10.7. The lowest BCUT2D eigenvalue weighted by Gasteiger charge is -2.17. The van der Waals surface area contributed by atoms with Crippen LogP contribution in [0.2, 0.25) is 0 Å². The number of rotatable bonds is 5. The van der Waals surface area contributed by atoms with Gasteiger partial charge in [-0.05, 0) is 37.5 Å². The maximum Gasteiger partial charge on any atom is 0.161 e. The minimum absolute atomic E-state index is 0.503. The zero-order valence-electron chi connectivity index (χ0n) is 13.9. The Morgan fingerprint density at radius 1 is 1.09 bits per heavy atom. The number of ether oxygens (including phenoxy) is 2. The van der Waals surface area contributed by atoms with E-state index in [9.17, 15) is 0 Å². The fourth-order valence-corrected chi connectivity index (χ4v) is 3.06. The minimum Gasteiger partial charge on any atom is -0.493 e. The van der Waals surface area contributed by atoms with Crippen LogP contribution in [0.5, 0.6) is 11.5 Å². The highest BCUT2D eigenvalue weighted by Crippen LogP contribution is 2.35. The van der Waals surface area contributed by atoms with E-state index in [1.54, 1.807) is 14.2 Å². The molecule has 5 nitrogen and oxygen atoms in total. The zero-order chi connectivity index (χ0) is 16.2. The third kappa shape index (κ3) is 3.38. The van der Waals surface area contributed by atoms with Crippen LogP contribution in [0.25, 0.3) is 11.1 Å². The van der Waals surface area contributed by atoms with Crippen LogP contribution in [0.15, 0.2) is 24.4 Å². The van der Waals surface area contributed by atoms with Crippen LogP contribution in [0, 0.1) is 6.92 Å². The Kier molecular flexibility index (Phi) is 4.65. The Hall–Kier alpha value is -2.30. The van der Waals surface area contributed by atoms with E-state index in [4.69, 9.17) is 9.47 Å². The van der Waals surface area contributed by atoms with Gasteiger partial charge in [0.25, 0.3) is 0 Å². The van der Waals surface area contributed by atoms with Crippen molar-refractivity contribution in [3.63, 3.8) is 0 Å². The molecule has 0 radical (unpaired) electrons. The molecule has 1 saturated carbocycles. The van der Waals surface area contributed by atoms with Crippen LogP contribution in [0.1, 0.15) is 31.5 Å². The molecule has 1 aromatic carbocycles. The Balaban J connectivity index is 1.98. The summed E-state index contributed by atoms with van der Waals surface area (Å²) in [6.07, 6.45) is 6.85. The molecule has 0 unspecified atom stereocenters. The van der Waals surface area contributed by atoms with E-state index in [0.29, 0.717) is 11.8 Å². The van der Waals surface area contributed by atoms with Gasteiger partial charge >= 0.3 is 0 Å². The fourth-order valence-electron chi connectivity index (χ4n) is 3.06. The summed E-state index contributed by atoms with van der Waals surface area (Å²) in [5.74, 6) is 3.10. The molecule has 2 aromatic rings. The number of benzene rings is 1. The van der Waals surface area contributed by atoms with Crippen LogP contribution in [0.4, 0.5) is 5.82 Å². The molecular weight excluding hydrogens is 290 g/mol. The number of aromatic nitrogens is 2. The van der Waals surface area contributed by atoms with Gasteiger partial charge in [-0.25, -0.2) is 9.97 Å². The van der Waals surface area contributed by atoms with Gasteiger partial charge in [0.1, 0.15) is 11.6 Å². The van der Waals surface area contributed by atoms with Crippen molar-refractivity contribution in [3.05, 3.63) is 30.2 Å². The SMILES string of the molecule is COc1ccc(-c2cnc(C)nc2NC2CCCC2)cc1OC. The number of methoxy groups -OCH3 is 2. The van der Waals surface area contributed by atoms with Crippen molar-refractivity contribution in [2.45, 2.75) is 38.6 Å². The standard InChI is InChI=1S/C18H23N3O2/c1-12-19-11-15(18(20-12)21-14-6-4-5-7-14)13-8-9-16(22-2)17(10-13)23-3/h8-11,14H,4-7H2,1-3H3,(H,19,20,21). The molecule has 1 N–H and O–H groups in total. The Morgan fingerprint density at radius 2 is 1.83 bits per heavy atom. The number of hydrogen-bond donors (Lipinski definition) is 1. The third-order valence-corrected chi connectivity index (χ3v) is 4.30. The first-order valence-corrected chi connectivity index (χ1v) is 8.04. The van der Waals surface area contributed by atoms with E-state index >= 15 is 0 Å². The summed E-state index contributed by atoms with van der Waals surface area (Å²) in [5, 5.41) is 3.59. The molecule has 0 bridgehead atoms. The molecule has 0 amide bonds. The second-order valence-corrected chi connectivity index (χ2v) is 5.87. The zero-order valence-corrected chi connectivity index (χ0v) is 13.9. The van der Waals surface area contributed by atoms with Gasteiger partial charge in [0.15, 0.2) is 11.5 Å². The first kappa shape index (κ1) is 15.6. The molecule has 0 spiro atoms. The molecule has 3 rings (SSSR count). The summed E-state index contributed by atoms with van der Waals surface area (Å²) in [6.45, 7) is 1.91. The lowest BCUT2D eigenvalue weighted by Crippen LogP contribution is -2.16. The highest BCUT2D eigenvalue weighted by Gasteiger charge is 2.18. The summed E-state index contributed by atoms with van der Waals surface area (Å²) in [5.41, 5.74) is 2.01.